The molecule has 0 radical (unpaired) electrons. The Morgan fingerprint density at radius 3 is 2.70 bits per heavy atom. The van der Waals surface area contributed by atoms with E-state index in [1.807, 2.05) is 17.5 Å². The molecule has 1 aromatic heterocycles. The number of hydrogen-bond acceptors (Lipinski definition) is 6. The van der Waals surface area contributed by atoms with Crippen LogP contribution in [-0.2, 0) is 4.74 Å². The second-order valence-corrected chi connectivity index (χ2v) is 6.88. The smallest absolute Gasteiger partial charge is 0.340 e. The van der Waals surface area contributed by atoms with Crippen LogP contribution in [0.1, 0.15) is 10.4 Å². The zero-order valence-electron chi connectivity index (χ0n) is 14.6. The molecule has 6 heteroatoms. The summed E-state index contributed by atoms with van der Waals surface area (Å²) in [7, 11) is 1.34. The van der Waals surface area contributed by atoms with Gasteiger partial charge in [0.25, 0.3) is 0 Å². The Morgan fingerprint density at radius 2 is 1.89 bits per heavy atom. The van der Waals surface area contributed by atoms with Crippen molar-refractivity contribution in [3.8, 4) is 11.3 Å². The summed E-state index contributed by atoms with van der Waals surface area (Å²) in [5.74, 6) is -0.448. The molecular formula is C21H17N3O2S. The number of anilines is 3. The summed E-state index contributed by atoms with van der Waals surface area (Å²) >= 11 is 1.47. The number of benzene rings is 3. The van der Waals surface area contributed by atoms with Gasteiger partial charge in [-0.3, -0.25) is 0 Å². The number of methoxy groups -OCH3 is 1. The van der Waals surface area contributed by atoms with Crippen molar-refractivity contribution in [3.63, 3.8) is 0 Å². The Morgan fingerprint density at radius 1 is 1.07 bits per heavy atom. The number of aromatic nitrogens is 1. The molecule has 0 bridgehead atoms. The van der Waals surface area contributed by atoms with E-state index in [1.165, 1.54) is 29.2 Å². The molecule has 4 aromatic rings. The normalized spacial score (nSPS) is 10.7. The zero-order valence-corrected chi connectivity index (χ0v) is 15.4. The molecule has 3 aromatic carbocycles. The van der Waals surface area contributed by atoms with E-state index in [0.29, 0.717) is 22.1 Å². The quantitative estimate of drug-likeness (QED) is 0.384. The Labute approximate surface area is 160 Å². The first-order valence-corrected chi connectivity index (χ1v) is 9.21. The molecule has 1 heterocycles. The van der Waals surface area contributed by atoms with Crippen LogP contribution in [0.25, 0.3) is 22.0 Å². The standard InChI is InChI=1S/C21H17N3O2S/c1-26-20(25)17-11-16(22)8-9-18(17)23-21-24-19(12-27-21)15-7-6-13-4-2-3-5-14(13)10-15/h2-12H,22H2,1H3,(H,23,24). The van der Waals surface area contributed by atoms with E-state index in [0.717, 1.165) is 11.3 Å². The van der Waals surface area contributed by atoms with Crippen molar-refractivity contribution < 1.29 is 9.53 Å². The molecule has 5 nitrogen and oxygen atoms in total. The van der Waals surface area contributed by atoms with Gasteiger partial charge in [-0.15, -0.1) is 11.3 Å². The molecule has 0 unspecified atom stereocenters. The van der Waals surface area contributed by atoms with Crippen LogP contribution in [0.5, 0.6) is 0 Å². The van der Waals surface area contributed by atoms with Gasteiger partial charge in [0, 0.05) is 16.6 Å². The fourth-order valence-electron chi connectivity index (χ4n) is 2.88. The first-order valence-electron chi connectivity index (χ1n) is 8.33. The third kappa shape index (κ3) is 3.47. The summed E-state index contributed by atoms with van der Waals surface area (Å²) in [6, 6.07) is 19.6. The molecule has 0 fully saturated rings. The van der Waals surface area contributed by atoms with E-state index in [9.17, 15) is 4.79 Å². The minimum absolute atomic E-state index is 0.375. The highest BCUT2D eigenvalue weighted by atomic mass is 32.1. The highest BCUT2D eigenvalue weighted by Crippen LogP contribution is 2.30. The predicted molar refractivity (Wildman–Crippen MR) is 111 cm³/mol. The van der Waals surface area contributed by atoms with Crippen molar-refractivity contribution in [2.24, 2.45) is 0 Å². The minimum Gasteiger partial charge on any atom is -0.465 e. The molecule has 0 saturated heterocycles. The number of nitrogen functional groups attached to an aromatic ring is 1. The number of fused-ring (bicyclic) bond motifs is 1. The van der Waals surface area contributed by atoms with Gasteiger partial charge < -0.3 is 15.8 Å². The summed E-state index contributed by atoms with van der Waals surface area (Å²) in [6.45, 7) is 0. The van der Waals surface area contributed by atoms with Crippen LogP contribution in [0.2, 0.25) is 0 Å². The highest BCUT2D eigenvalue weighted by molar-refractivity contribution is 7.14. The van der Waals surface area contributed by atoms with E-state index in [2.05, 4.69) is 40.6 Å². The van der Waals surface area contributed by atoms with Crippen LogP contribution in [-0.4, -0.2) is 18.1 Å². The van der Waals surface area contributed by atoms with Crippen molar-refractivity contribution >= 4 is 44.6 Å². The predicted octanol–water partition coefficient (Wildman–Crippen LogP) is 5.08. The largest absolute Gasteiger partial charge is 0.465 e. The van der Waals surface area contributed by atoms with Crippen LogP contribution in [0.4, 0.5) is 16.5 Å². The average Bonchev–Trinajstić information content (AvgIpc) is 3.17. The Kier molecular flexibility index (Phi) is 4.48. The topological polar surface area (TPSA) is 77.2 Å². The third-order valence-corrected chi connectivity index (χ3v) is 5.00. The SMILES string of the molecule is COC(=O)c1cc(N)ccc1Nc1nc(-c2ccc3ccccc3c2)cs1. The fourth-order valence-corrected chi connectivity index (χ4v) is 3.61. The van der Waals surface area contributed by atoms with Crippen LogP contribution >= 0.6 is 11.3 Å². The van der Waals surface area contributed by atoms with E-state index in [4.69, 9.17) is 10.5 Å². The molecule has 4 rings (SSSR count). The number of rotatable bonds is 4. The maximum Gasteiger partial charge on any atom is 0.340 e. The number of ether oxygens (including phenoxy) is 1. The van der Waals surface area contributed by atoms with Crippen molar-refractivity contribution in [1.29, 1.82) is 0 Å². The lowest BCUT2D eigenvalue weighted by Gasteiger charge is -2.09. The summed E-state index contributed by atoms with van der Waals surface area (Å²) in [5.41, 5.74) is 9.19. The van der Waals surface area contributed by atoms with Crippen molar-refractivity contribution in [2.45, 2.75) is 0 Å². The number of carbonyl (C=O) groups excluding carboxylic acids is 1. The minimum atomic E-state index is -0.448. The van der Waals surface area contributed by atoms with Gasteiger partial charge in [0.2, 0.25) is 0 Å². The Balaban J connectivity index is 1.64. The van der Waals surface area contributed by atoms with E-state index in [-0.39, 0.29) is 0 Å². The first-order chi connectivity index (χ1) is 13.1. The first kappa shape index (κ1) is 17.1. The molecule has 0 aliphatic carbocycles. The maximum absolute atomic E-state index is 12.0. The van der Waals surface area contributed by atoms with E-state index in [1.54, 1.807) is 18.2 Å². The molecule has 27 heavy (non-hydrogen) atoms. The second kappa shape index (κ2) is 7.09. The summed E-state index contributed by atoms with van der Waals surface area (Å²) < 4.78 is 4.83. The van der Waals surface area contributed by atoms with E-state index >= 15 is 0 Å². The lowest BCUT2D eigenvalue weighted by Crippen LogP contribution is -2.06. The highest BCUT2D eigenvalue weighted by Gasteiger charge is 2.14. The lowest BCUT2D eigenvalue weighted by molar-refractivity contribution is 0.0602. The number of hydrogen-bond donors (Lipinski definition) is 2. The number of nitrogens with two attached hydrogens (primary N) is 1. The molecule has 0 spiro atoms. The summed E-state index contributed by atoms with van der Waals surface area (Å²) in [4.78, 5) is 16.6. The average molecular weight is 375 g/mol. The van der Waals surface area contributed by atoms with Gasteiger partial charge in [0.1, 0.15) is 0 Å². The molecule has 3 N–H and O–H groups in total. The Hall–Kier alpha value is -3.38. The number of nitrogens with one attached hydrogen (secondary N) is 1. The molecule has 0 aliphatic rings. The molecule has 0 saturated carbocycles. The van der Waals surface area contributed by atoms with Gasteiger partial charge >= 0.3 is 5.97 Å². The van der Waals surface area contributed by atoms with E-state index < -0.39 is 5.97 Å². The van der Waals surface area contributed by atoms with Gasteiger partial charge in [-0.2, -0.15) is 0 Å². The lowest BCUT2D eigenvalue weighted by atomic mass is 10.1. The number of nitrogens with zero attached hydrogens (tertiary/aromatic N) is 1. The number of carbonyl (C=O) groups is 1. The third-order valence-electron chi connectivity index (χ3n) is 4.24. The summed E-state index contributed by atoms with van der Waals surface area (Å²) in [5, 5.41) is 8.23. The second-order valence-electron chi connectivity index (χ2n) is 6.02. The van der Waals surface area contributed by atoms with Crippen LogP contribution in [0.3, 0.4) is 0 Å². The van der Waals surface area contributed by atoms with Crippen LogP contribution in [0, 0.1) is 0 Å². The molecule has 0 aliphatic heterocycles. The van der Waals surface area contributed by atoms with Crippen molar-refractivity contribution in [1.82, 2.24) is 4.98 Å². The summed E-state index contributed by atoms with van der Waals surface area (Å²) in [6.07, 6.45) is 0. The molecule has 134 valence electrons. The monoisotopic (exact) mass is 375 g/mol. The van der Waals surface area contributed by atoms with Gasteiger partial charge in [-0.25, -0.2) is 9.78 Å². The maximum atomic E-state index is 12.0. The van der Waals surface area contributed by atoms with Gasteiger partial charge in [0.15, 0.2) is 5.13 Å². The van der Waals surface area contributed by atoms with Gasteiger partial charge in [0.05, 0.1) is 24.1 Å². The molecule has 0 atom stereocenters. The molecular weight excluding hydrogens is 358 g/mol. The van der Waals surface area contributed by atoms with Crippen molar-refractivity contribution in [2.75, 3.05) is 18.2 Å². The van der Waals surface area contributed by atoms with Crippen LogP contribution < -0.4 is 11.1 Å². The van der Waals surface area contributed by atoms with Crippen molar-refractivity contribution in [3.05, 3.63) is 71.6 Å². The van der Waals surface area contributed by atoms with Gasteiger partial charge in [-0.1, -0.05) is 36.4 Å². The zero-order chi connectivity index (χ0) is 18.8. The number of thiazole rings is 1. The van der Waals surface area contributed by atoms with Crippen LogP contribution in [0.15, 0.2) is 66.0 Å². The molecule has 0 amide bonds. The Bertz CT molecular complexity index is 1140. The number of esters is 1. The fraction of sp³-hybridized carbons (Fsp3) is 0.0476. The van der Waals surface area contributed by atoms with Gasteiger partial charge in [-0.05, 0) is 35.0 Å².